The van der Waals surface area contributed by atoms with Gasteiger partial charge in [-0.15, -0.1) is 11.3 Å². The van der Waals surface area contributed by atoms with Crippen molar-refractivity contribution in [2.45, 2.75) is 32.1 Å². The van der Waals surface area contributed by atoms with E-state index in [1.165, 1.54) is 36.6 Å². The fourth-order valence-corrected chi connectivity index (χ4v) is 6.40. The Bertz CT molecular complexity index is 1290. The number of H-pyrrole nitrogens is 1. The highest BCUT2D eigenvalue weighted by Gasteiger charge is 2.21. The third kappa shape index (κ3) is 4.42. The van der Waals surface area contributed by atoms with Crippen LogP contribution in [-0.2, 0) is 11.2 Å². The van der Waals surface area contributed by atoms with Crippen LogP contribution in [0.3, 0.4) is 0 Å². The van der Waals surface area contributed by atoms with Crippen molar-refractivity contribution in [3.8, 4) is 11.4 Å². The molecule has 178 valence electrons. The maximum Gasteiger partial charge on any atom is 0.163 e. The molecule has 2 saturated heterocycles. The lowest BCUT2D eigenvalue weighted by molar-refractivity contribution is 0.122. The minimum Gasteiger partial charge on any atom is -0.378 e. The van der Waals surface area contributed by atoms with Gasteiger partial charge in [-0.2, -0.15) is 0 Å². The standard InChI is InChI=1S/C26H30FN5OS/c27-18-14-21(20-6-9-29-22(20)15-18)25-30-23-16-19(3-1-2-17-4-7-28-8-5-17)34-24(23)26(31-25)32-10-12-33-13-11-32/h6,9,14-17,28-29H,1-5,7-8,10-13H2. The lowest BCUT2D eigenvalue weighted by Gasteiger charge is -2.28. The fourth-order valence-electron chi connectivity index (χ4n) is 5.25. The van der Waals surface area contributed by atoms with Crippen LogP contribution < -0.4 is 10.2 Å². The average Bonchev–Trinajstić information content (AvgIpc) is 3.50. The van der Waals surface area contributed by atoms with Crippen molar-refractivity contribution >= 4 is 38.3 Å². The number of morpholine rings is 1. The maximum atomic E-state index is 14.4. The van der Waals surface area contributed by atoms with E-state index in [0.717, 1.165) is 71.0 Å². The van der Waals surface area contributed by atoms with Crippen LogP contribution in [0.1, 0.15) is 30.6 Å². The largest absolute Gasteiger partial charge is 0.378 e. The summed E-state index contributed by atoms with van der Waals surface area (Å²) in [5, 5.41) is 4.39. The van der Waals surface area contributed by atoms with Gasteiger partial charge in [0.1, 0.15) is 5.82 Å². The van der Waals surface area contributed by atoms with Crippen LogP contribution >= 0.6 is 11.3 Å². The number of hydrogen-bond donors (Lipinski definition) is 2. The van der Waals surface area contributed by atoms with Gasteiger partial charge in [-0.25, -0.2) is 14.4 Å². The van der Waals surface area contributed by atoms with Gasteiger partial charge < -0.3 is 19.9 Å². The Morgan fingerprint density at radius 1 is 1.12 bits per heavy atom. The zero-order valence-corrected chi connectivity index (χ0v) is 20.1. The topological polar surface area (TPSA) is 66.1 Å². The highest BCUT2D eigenvalue weighted by molar-refractivity contribution is 7.19. The predicted molar refractivity (Wildman–Crippen MR) is 136 cm³/mol. The summed E-state index contributed by atoms with van der Waals surface area (Å²) in [6.45, 7) is 5.30. The molecule has 1 aromatic carbocycles. The number of fused-ring (bicyclic) bond motifs is 2. The molecule has 2 fully saturated rings. The van der Waals surface area contributed by atoms with Crippen molar-refractivity contribution in [1.82, 2.24) is 20.3 Å². The van der Waals surface area contributed by atoms with E-state index in [1.807, 2.05) is 23.6 Å². The van der Waals surface area contributed by atoms with Crippen molar-refractivity contribution < 1.29 is 9.13 Å². The molecule has 0 amide bonds. The zero-order chi connectivity index (χ0) is 22.9. The normalized spacial score (nSPS) is 17.7. The number of nitrogens with one attached hydrogen (secondary N) is 2. The molecular formula is C26H30FN5OS. The Morgan fingerprint density at radius 2 is 1.97 bits per heavy atom. The fraction of sp³-hybridized carbons (Fsp3) is 0.462. The van der Waals surface area contributed by atoms with Crippen LogP contribution in [0, 0.1) is 11.7 Å². The first-order valence-corrected chi connectivity index (χ1v) is 13.2. The Morgan fingerprint density at radius 3 is 2.82 bits per heavy atom. The SMILES string of the molecule is Fc1cc(-c2nc(N3CCOCC3)c3sc(CCCC4CCNCC4)cc3n2)c2cc[nH]c2c1. The van der Waals surface area contributed by atoms with Gasteiger partial charge in [-0.1, -0.05) is 6.42 Å². The summed E-state index contributed by atoms with van der Waals surface area (Å²) in [6, 6.07) is 7.26. The summed E-state index contributed by atoms with van der Waals surface area (Å²) in [5.41, 5.74) is 2.45. The van der Waals surface area contributed by atoms with E-state index in [-0.39, 0.29) is 5.82 Å². The second kappa shape index (κ2) is 9.60. The van der Waals surface area contributed by atoms with E-state index in [1.54, 1.807) is 6.07 Å². The summed E-state index contributed by atoms with van der Waals surface area (Å²) in [5.74, 6) is 2.09. The Kier molecular flexibility index (Phi) is 6.20. The van der Waals surface area contributed by atoms with Gasteiger partial charge in [0.15, 0.2) is 11.6 Å². The Labute approximate surface area is 202 Å². The molecule has 0 unspecified atom stereocenters. The summed E-state index contributed by atoms with van der Waals surface area (Å²) in [7, 11) is 0. The van der Waals surface area contributed by atoms with Crippen molar-refractivity contribution in [3.05, 3.63) is 41.2 Å². The number of hydrogen-bond acceptors (Lipinski definition) is 6. The Hall–Kier alpha value is -2.55. The molecule has 34 heavy (non-hydrogen) atoms. The third-order valence-corrected chi connectivity index (χ3v) is 8.26. The van der Waals surface area contributed by atoms with Crippen LogP contribution in [-0.4, -0.2) is 54.3 Å². The predicted octanol–water partition coefficient (Wildman–Crippen LogP) is 5.14. The molecule has 5 heterocycles. The van der Waals surface area contributed by atoms with Gasteiger partial charge >= 0.3 is 0 Å². The van der Waals surface area contributed by atoms with Crippen molar-refractivity contribution in [2.75, 3.05) is 44.3 Å². The molecule has 0 radical (unpaired) electrons. The molecule has 0 aliphatic carbocycles. The number of aryl methyl sites for hydroxylation is 1. The minimum atomic E-state index is -0.287. The number of benzene rings is 1. The quantitative estimate of drug-likeness (QED) is 0.401. The van der Waals surface area contributed by atoms with Crippen molar-refractivity contribution in [1.29, 1.82) is 0 Å². The Balaban J connectivity index is 1.36. The number of aromatic amines is 1. The number of rotatable bonds is 6. The molecular weight excluding hydrogens is 449 g/mol. The lowest BCUT2D eigenvalue weighted by Crippen LogP contribution is -2.36. The summed E-state index contributed by atoms with van der Waals surface area (Å²) in [4.78, 5) is 16.7. The lowest BCUT2D eigenvalue weighted by atomic mass is 9.92. The molecule has 0 bridgehead atoms. The average molecular weight is 480 g/mol. The van der Waals surface area contributed by atoms with Gasteiger partial charge in [0.2, 0.25) is 0 Å². The summed E-state index contributed by atoms with van der Waals surface area (Å²) >= 11 is 1.82. The van der Waals surface area contributed by atoms with Crippen molar-refractivity contribution in [3.63, 3.8) is 0 Å². The van der Waals surface area contributed by atoms with E-state index < -0.39 is 0 Å². The highest BCUT2D eigenvalue weighted by atomic mass is 32.1. The number of piperidine rings is 1. The summed E-state index contributed by atoms with van der Waals surface area (Å²) in [6.07, 6.45) is 7.99. The minimum absolute atomic E-state index is 0.287. The van der Waals surface area contributed by atoms with E-state index in [0.29, 0.717) is 19.0 Å². The first-order valence-electron chi connectivity index (χ1n) is 12.4. The van der Waals surface area contributed by atoms with Gasteiger partial charge in [0, 0.05) is 40.6 Å². The molecule has 4 aromatic rings. The number of aromatic nitrogens is 3. The highest BCUT2D eigenvalue weighted by Crippen LogP contribution is 2.37. The number of halogens is 1. The summed E-state index contributed by atoms with van der Waals surface area (Å²) < 4.78 is 21.1. The van der Waals surface area contributed by atoms with Gasteiger partial charge in [0.05, 0.1) is 23.4 Å². The first-order chi connectivity index (χ1) is 16.7. The zero-order valence-electron chi connectivity index (χ0n) is 19.3. The molecule has 6 nitrogen and oxygen atoms in total. The second-order valence-electron chi connectivity index (χ2n) is 9.38. The molecule has 3 aromatic heterocycles. The number of thiophene rings is 1. The molecule has 2 N–H and O–H groups in total. The van der Waals surface area contributed by atoms with Gasteiger partial charge in [-0.05, 0) is 69.0 Å². The van der Waals surface area contributed by atoms with Crippen LogP contribution in [0.25, 0.3) is 32.5 Å². The molecule has 8 heteroatoms. The third-order valence-electron chi connectivity index (χ3n) is 7.08. The van der Waals surface area contributed by atoms with Gasteiger partial charge in [-0.3, -0.25) is 0 Å². The molecule has 2 aliphatic rings. The number of ether oxygens (including phenoxy) is 1. The van der Waals surface area contributed by atoms with Crippen LogP contribution in [0.5, 0.6) is 0 Å². The van der Waals surface area contributed by atoms with Gasteiger partial charge in [0.25, 0.3) is 0 Å². The molecule has 2 aliphatic heterocycles. The number of anilines is 1. The monoisotopic (exact) mass is 479 g/mol. The van der Waals surface area contributed by atoms with Crippen LogP contribution in [0.4, 0.5) is 10.2 Å². The maximum absolute atomic E-state index is 14.4. The van der Waals surface area contributed by atoms with Crippen LogP contribution in [0.2, 0.25) is 0 Å². The first kappa shape index (κ1) is 21.9. The number of nitrogens with zero attached hydrogens (tertiary/aromatic N) is 3. The molecule has 0 saturated carbocycles. The smallest absolute Gasteiger partial charge is 0.163 e. The molecule has 6 rings (SSSR count). The van der Waals surface area contributed by atoms with E-state index in [4.69, 9.17) is 14.7 Å². The van der Waals surface area contributed by atoms with Crippen molar-refractivity contribution in [2.24, 2.45) is 5.92 Å². The van der Waals surface area contributed by atoms with Crippen LogP contribution in [0.15, 0.2) is 30.5 Å². The van der Waals surface area contributed by atoms with E-state index in [9.17, 15) is 4.39 Å². The second-order valence-corrected chi connectivity index (χ2v) is 10.5. The molecule has 0 atom stereocenters. The van der Waals surface area contributed by atoms with E-state index in [2.05, 4.69) is 21.3 Å². The van der Waals surface area contributed by atoms with E-state index >= 15 is 0 Å². The molecule has 0 spiro atoms.